The summed E-state index contributed by atoms with van der Waals surface area (Å²) in [5.74, 6) is 0.856. The van der Waals surface area contributed by atoms with Gasteiger partial charge < -0.3 is 5.32 Å². The van der Waals surface area contributed by atoms with Gasteiger partial charge in [0, 0.05) is 16.3 Å². The molecule has 0 saturated carbocycles. The van der Waals surface area contributed by atoms with Gasteiger partial charge in [0.05, 0.1) is 16.4 Å². The molecule has 0 spiro atoms. The Kier molecular flexibility index (Phi) is 5.10. The maximum atomic E-state index is 6.33. The average molecular weight is 390 g/mol. The van der Waals surface area contributed by atoms with Crippen molar-refractivity contribution in [2.75, 3.05) is 11.9 Å². The summed E-state index contributed by atoms with van der Waals surface area (Å²) in [6, 6.07) is 6.03. The molecule has 2 rings (SSSR count). The molecule has 1 N–H and O–H groups in total. The number of nitrogens with one attached hydrogen (secondary N) is 1. The Labute approximate surface area is 132 Å². The van der Waals surface area contributed by atoms with E-state index in [0.717, 1.165) is 45.3 Å². The van der Waals surface area contributed by atoms with Gasteiger partial charge in [-0.1, -0.05) is 24.9 Å². The van der Waals surface area contributed by atoms with Crippen LogP contribution < -0.4 is 5.32 Å². The lowest BCUT2D eigenvalue weighted by atomic mass is 10.3. The first-order chi connectivity index (χ1) is 9.11. The molecule has 0 aliphatic carbocycles. The van der Waals surface area contributed by atoms with Gasteiger partial charge >= 0.3 is 0 Å². The molecule has 0 saturated heterocycles. The van der Waals surface area contributed by atoms with Crippen LogP contribution in [-0.4, -0.2) is 16.1 Å². The summed E-state index contributed by atoms with van der Waals surface area (Å²) in [4.78, 5) is 4.51. The summed E-state index contributed by atoms with van der Waals surface area (Å²) in [7, 11) is 0. The van der Waals surface area contributed by atoms with E-state index in [0.29, 0.717) is 0 Å². The number of aromatic nitrogens is 2. The number of unbranched alkanes of at least 4 members (excludes halogenated alkanes) is 1. The fourth-order valence-corrected chi connectivity index (χ4v) is 2.81. The Morgan fingerprint density at radius 1 is 1.42 bits per heavy atom. The van der Waals surface area contributed by atoms with E-state index < -0.39 is 0 Å². The molecule has 1 aromatic heterocycles. The van der Waals surface area contributed by atoms with E-state index in [1.807, 2.05) is 35.9 Å². The second kappa shape index (κ2) is 6.61. The Balaban J connectivity index is 2.32. The van der Waals surface area contributed by atoms with Gasteiger partial charge in [0.2, 0.25) is 5.95 Å². The van der Waals surface area contributed by atoms with Crippen molar-refractivity contribution in [1.82, 2.24) is 9.55 Å². The SMILES string of the molecule is CCCCNc1nc(C)cn1-c1ccc(I)cc1Cl. The van der Waals surface area contributed by atoms with Crippen molar-refractivity contribution >= 4 is 40.1 Å². The number of halogens is 2. The lowest BCUT2D eigenvalue weighted by molar-refractivity contribution is 0.823. The van der Waals surface area contributed by atoms with Crippen LogP contribution in [0, 0.1) is 10.5 Å². The van der Waals surface area contributed by atoms with Gasteiger partial charge in [-0.25, -0.2) is 4.98 Å². The van der Waals surface area contributed by atoms with Crippen molar-refractivity contribution in [1.29, 1.82) is 0 Å². The molecule has 0 fully saturated rings. The highest BCUT2D eigenvalue weighted by atomic mass is 127. The van der Waals surface area contributed by atoms with Crippen molar-refractivity contribution in [3.05, 3.63) is 38.7 Å². The number of anilines is 1. The minimum Gasteiger partial charge on any atom is -0.355 e. The van der Waals surface area contributed by atoms with Gasteiger partial charge in [0.1, 0.15) is 0 Å². The monoisotopic (exact) mass is 389 g/mol. The van der Waals surface area contributed by atoms with Crippen molar-refractivity contribution in [2.24, 2.45) is 0 Å². The average Bonchev–Trinajstić information content (AvgIpc) is 2.71. The standard InChI is InChI=1S/C14H17ClIN3/c1-3-4-7-17-14-18-10(2)9-19(14)13-6-5-11(16)8-12(13)15/h5-6,8-9H,3-4,7H2,1-2H3,(H,17,18). The van der Waals surface area contributed by atoms with Gasteiger partial charge in [-0.3, -0.25) is 4.57 Å². The number of nitrogens with zero attached hydrogens (tertiary/aromatic N) is 2. The lowest BCUT2D eigenvalue weighted by Crippen LogP contribution is -2.07. The normalized spacial score (nSPS) is 10.7. The number of benzene rings is 1. The van der Waals surface area contributed by atoms with Crippen LogP contribution in [0.2, 0.25) is 5.02 Å². The predicted octanol–water partition coefficient (Wildman–Crippen LogP) is 4.65. The van der Waals surface area contributed by atoms with Crippen LogP contribution in [0.15, 0.2) is 24.4 Å². The third kappa shape index (κ3) is 3.63. The van der Waals surface area contributed by atoms with Gasteiger partial charge in [-0.05, 0) is 54.1 Å². The number of aryl methyl sites for hydroxylation is 1. The van der Waals surface area contributed by atoms with Crippen molar-refractivity contribution in [3.8, 4) is 5.69 Å². The predicted molar refractivity (Wildman–Crippen MR) is 89.4 cm³/mol. The van der Waals surface area contributed by atoms with Crippen molar-refractivity contribution < 1.29 is 0 Å². The molecule has 1 heterocycles. The molecule has 0 radical (unpaired) electrons. The maximum absolute atomic E-state index is 6.33. The van der Waals surface area contributed by atoms with Crippen molar-refractivity contribution in [3.63, 3.8) is 0 Å². The molecule has 5 heteroatoms. The van der Waals surface area contributed by atoms with Crippen LogP contribution in [0.5, 0.6) is 0 Å². The topological polar surface area (TPSA) is 29.9 Å². The van der Waals surface area contributed by atoms with Gasteiger partial charge in [0.25, 0.3) is 0 Å². The Morgan fingerprint density at radius 2 is 2.21 bits per heavy atom. The third-order valence-electron chi connectivity index (χ3n) is 2.81. The van der Waals surface area contributed by atoms with Crippen LogP contribution in [-0.2, 0) is 0 Å². The zero-order chi connectivity index (χ0) is 13.8. The zero-order valence-electron chi connectivity index (χ0n) is 11.1. The van der Waals surface area contributed by atoms with E-state index in [-0.39, 0.29) is 0 Å². The number of rotatable bonds is 5. The Hall–Kier alpha value is -0.750. The molecule has 1 aromatic carbocycles. The summed E-state index contributed by atoms with van der Waals surface area (Å²) in [6.45, 7) is 5.09. The summed E-state index contributed by atoms with van der Waals surface area (Å²) in [5, 5.41) is 4.11. The first kappa shape index (κ1) is 14.7. The van der Waals surface area contributed by atoms with Crippen LogP contribution in [0.1, 0.15) is 25.5 Å². The van der Waals surface area contributed by atoms with Crippen LogP contribution in [0.25, 0.3) is 5.69 Å². The fourth-order valence-electron chi connectivity index (χ4n) is 1.86. The first-order valence-electron chi connectivity index (χ1n) is 6.37. The first-order valence-corrected chi connectivity index (χ1v) is 7.82. The molecular formula is C14H17ClIN3. The second-order valence-corrected chi connectivity index (χ2v) is 6.10. The minimum atomic E-state index is 0.739. The van der Waals surface area contributed by atoms with Gasteiger partial charge in [0.15, 0.2) is 0 Å². The highest BCUT2D eigenvalue weighted by Gasteiger charge is 2.10. The third-order valence-corrected chi connectivity index (χ3v) is 3.78. The quantitative estimate of drug-likeness (QED) is 0.596. The van der Waals surface area contributed by atoms with Gasteiger partial charge in [-0.15, -0.1) is 0 Å². The molecule has 0 aliphatic rings. The van der Waals surface area contributed by atoms with Crippen LogP contribution in [0.3, 0.4) is 0 Å². The molecular weight excluding hydrogens is 373 g/mol. The molecule has 0 amide bonds. The number of imidazole rings is 1. The van der Waals surface area contributed by atoms with Crippen LogP contribution in [0.4, 0.5) is 5.95 Å². The van der Waals surface area contributed by atoms with Gasteiger partial charge in [-0.2, -0.15) is 0 Å². The van der Waals surface area contributed by atoms with E-state index in [1.54, 1.807) is 0 Å². The molecule has 0 bridgehead atoms. The second-order valence-electron chi connectivity index (χ2n) is 4.45. The number of hydrogen-bond donors (Lipinski definition) is 1. The highest BCUT2D eigenvalue weighted by molar-refractivity contribution is 14.1. The summed E-state index contributed by atoms with van der Waals surface area (Å²) in [5.41, 5.74) is 1.94. The molecule has 2 aromatic rings. The molecule has 102 valence electrons. The molecule has 19 heavy (non-hydrogen) atoms. The van der Waals surface area contributed by atoms with Crippen molar-refractivity contribution in [2.45, 2.75) is 26.7 Å². The summed E-state index contributed by atoms with van der Waals surface area (Å²) >= 11 is 8.58. The Morgan fingerprint density at radius 3 is 2.89 bits per heavy atom. The number of hydrogen-bond acceptors (Lipinski definition) is 2. The lowest BCUT2D eigenvalue weighted by Gasteiger charge is -2.11. The fraction of sp³-hybridized carbons (Fsp3) is 0.357. The van der Waals surface area contributed by atoms with E-state index in [9.17, 15) is 0 Å². The largest absolute Gasteiger partial charge is 0.355 e. The van der Waals surface area contributed by atoms with Crippen LogP contribution >= 0.6 is 34.2 Å². The molecule has 0 aliphatic heterocycles. The van der Waals surface area contributed by atoms with E-state index in [1.165, 1.54) is 0 Å². The smallest absolute Gasteiger partial charge is 0.207 e. The van der Waals surface area contributed by atoms with E-state index in [2.05, 4.69) is 39.8 Å². The molecule has 0 atom stereocenters. The molecule has 0 unspecified atom stereocenters. The Bertz CT molecular complexity index is 566. The minimum absolute atomic E-state index is 0.739. The maximum Gasteiger partial charge on any atom is 0.207 e. The highest BCUT2D eigenvalue weighted by Crippen LogP contribution is 2.26. The summed E-state index contributed by atoms with van der Waals surface area (Å²) < 4.78 is 3.15. The zero-order valence-corrected chi connectivity index (χ0v) is 14.0. The molecule has 3 nitrogen and oxygen atoms in total. The van der Waals surface area contributed by atoms with E-state index >= 15 is 0 Å². The summed E-state index contributed by atoms with van der Waals surface area (Å²) in [6.07, 6.45) is 4.30. The van der Waals surface area contributed by atoms with E-state index in [4.69, 9.17) is 11.6 Å².